The van der Waals surface area contributed by atoms with Crippen molar-refractivity contribution in [2.24, 2.45) is 4.99 Å². The number of amides is 1. The fourth-order valence-corrected chi connectivity index (χ4v) is 5.13. The SMILES string of the molecule is Cc1ccc(N2CCN(C3=NC(=O)C(=Cc4ccc(-c5ccccc5[N+](=O)[O-])o4)S3)CC2)cc1Cl. The predicted octanol–water partition coefficient (Wildman–Crippen LogP) is 5.61. The largest absolute Gasteiger partial charge is 0.456 e. The third kappa shape index (κ3) is 4.82. The smallest absolute Gasteiger partial charge is 0.286 e. The Bertz CT molecular complexity index is 1380. The van der Waals surface area contributed by atoms with Gasteiger partial charge in [0.25, 0.3) is 11.6 Å². The molecule has 0 N–H and O–H groups in total. The van der Waals surface area contributed by atoms with Gasteiger partial charge in [0.15, 0.2) is 5.17 Å². The molecule has 0 aliphatic carbocycles. The third-order valence-corrected chi connectivity index (χ3v) is 7.40. The number of furan rings is 1. The summed E-state index contributed by atoms with van der Waals surface area (Å²) < 4.78 is 5.80. The highest BCUT2D eigenvalue weighted by molar-refractivity contribution is 8.18. The van der Waals surface area contributed by atoms with Crippen LogP contribution in [0, 0.1) is 17.0 Å². The molecular weight excluding hydrogens is 488 g/mol. The molecule has 3 heterocycles. The maximum absolute atomic E-state index is 12.5. The molecule has 1 fully saturated rings. The maximum Gasteiger partial charge on any atom is 0.286 e. The Morgan fingerprint density at radius 3 is 2.57 bits per heavy atom. The van der Waals surface area contributed by atoms with E-state index in [-0.39, 0.29) is 11.6 Å². The van der Waals surface area contributed by atoms with E-state index in [9.17, 15) is 14.9 Å². The summed E-state index contributed by atoms with van der Waals surface area (Å²) in [6.07, 6.45) is 1.63. The summed E-state index contributed by atoms with van der Waals surface area (Å²) in [6.45, 7) is 5.05. The zero-order chi connectivity index (χ0) is 24.5. The molecule has 2 aliphatic rings. The van der Waals surface area contributed by atoms with Gasteiger partial charge in [0, 0.05) is 49.0 Å². The average Bonchev–Trinajstić information content (AvgIpc) is 3.48. The number of carbonyl (C=O) groups is 1. The number of benzene rings is 2. The van der Waals surface area contributed by atoms with Crippen LogP contribution in [0.15, 0.2) is 68.9 Å². The van der Waals surface area contributed by atoms with Crippen LogP contribution < -0.4 is 4.90 Å². The van der Waals surface area contributed by atoms with E-state index in [1.165, 1.54) is 17.8 Å². The summed E-state index contributed by atoms with van der Waals surface area (Å²) in [5, 5.41) is 12.7. The lowest BCUT2D eigenvalue weighted by Crippen LogP contribution is -2.47. The Labute approximate surface area is 211 Å². The average molecular weight is 509 g/mol. The number of hydrogen-bond donors (Lipinski definition) is 0. The van der Waals surface area contributed by atoms with Gasteiger partial charge in [-0.2, -0.15) is 4.99 Å². The number of halogens is 1. The van der Waals surface area contributed by atoms with Crippen molar-refractivity contribution in [1.29, 1.82) is 0 Å². The molecule has 3 aromatic rings. The van der Waals surface area contributed by atoms with E-state index >= 15 is 0 Å². The van der Waals surface area contributed by atoms with E-state index in [0.29, 0.717) is 27.2 Å². The van der Waals surface area contributed by atoms with E-state index in [1.807, 2.05) is 19.1 Å². The summed E-state index contributed by atoms with van der Waals surface area (Å²) in [5.74, 6) is 0.487. The van der Waals surface area contributed by atoms with Crippen LogP contribution in [0.3, 0.4) is 0 Å². The monoisotopic (exact) mass is 508 g/mol. The summed E-state index contributed by atoms with van der Waals surface area (Å²) in [5.41, 5.74) is 2.49. The van der Waals surface area contributed by atoms with Gasteiger partial charge in [-0.3, -0.25) is 14.9 Å². The van der Waals surface area contributed by atoms with Gasteiger partial charge in [-0.05, 0) is 54.6 Å². The number of rotatable bonds is 4. The van der Waals surface area contributed by atoms with Crippen molar-refractivity contribution >= 4 is 51.9 Å². The van der Waals surface area contributed by atoms with Crippen molar-refractivity contribution < 1.29 is 14.1 Å². The number of carbonyl (C=O) groups excluding carboxylic acids is 1. The highest BCUT2D eigenvalue weighted by atomic mass is 35.5. The lowest BCUT2D eigenvalue weighted by Gasteiger charge is -2.36. The number of aryl methyl sites for hydroxylation is 1. The Kier molecular flexibility index (Phi) is 6.36. The van der Waals surface area contributed by atoms with Crippen molar-refractivity contribution in [2.75, 3.05) is 31.1 Å². The van der Waals surface area contributed by atoms with Crippen molar-refractivity contribution in [3.63, 3.8) is 0 Å². The lowest BCUT2D eigenvalue weighted by atomic mass is 10.1. The van der Waals surface area contributed by atoms with Gasteiger partial charge in [-0.25, -0.2) is 0 Å². The Morgan fingerprint density at radius 2 is 1.83 bits per heavy atom. The first-order chi connectivity index (χ1) is 16.9. The van der Waals surface area contributed by atoms with Gasteiger partial charge < -0.3 is 14.2 Å². The molecule has 1 amide bonds. The summed E-state index contributed by atoms with van der Waals surface area (Å²) in [7, 11) is 0. The number of hydrogen-bond acceptors (Lipinski definition) is 7. The van der Waals surface area contributed by atoms with E-state index in [1.54, 1.807) is 36.4 Å². The molecular formula is C25H21ClN4O4S. The van der Waals surface area contributed by atoms with Crippen LogP contribution in [0.2, 0.25) is 5.02 Å². The van der Waals surface area contributed by atoms with Crippen LogP contribution in [0.5, 0.6) is 0 Å². The van der Waals surface area contributed by atoms with Crippen molar-refractivity contribution in [3.05, 3.63) is 86.0 Å². The maximum atomic E-state index is 12.5. The molecule has 35 heavy (non-hydrogen) atoms. The van der Waals surface area contributed by atoms with Gasteiger partial charge in [0.2, 0.25) is 0 Å². The topological polar surface area (TPSA) is 92.2 Å². The second-order valence-electron chi connectivity index (χ2n) is 8.19. The minimum atomic E-state index is -0.445. The van der Waals surface area contributed by atoms with Crippen LogP contribution in [0.25, 0.3) is 17.4 Å². The number of para-hydroxylation sites is 1. The Morgan fingerprint density at radius 1 is 1.09 bits per heavy atom. The molecule has 10 heteroatoms. The lowest BCUT2D eigenvalue weighted by molar-refractivity contribution is -0.384. The molecule has 0 saturated carbocycles. The van der Waals surface area contributed by atoms with Crippen molar-refractivity contribution in [2.45, 2.75) is 6.92 Å². The first kappa shape index (κ1) is 23.2. The zero-order valence-corrected chi connectivity index (χ0v) is 20.4. The molecule has 8 nitrogen and oxygen atoms in total. The van der Waals surface area contributed by atoms with E-state index in [0.717, 1.165) is 42.5 Å². The third-order valence-electron chi connectivity index (χ3n) is 5.95. The van der Waals surface area contributed by atoms with Crippen LogP contribution in [-0.2, 0) is 4.79 Å². The molecule has 2 aromatic carbocycles. The standard InChI is InChI=1S/C25H21ClN4O4S/c1-16-6-7-17(14-20(16)26)28-10-12-29(13-11-28)25-27-24(31)23(35-25)15-18-8-9-22(34-18)19-4-2-3-5-21(19)30(32)33/h2-9,14-15H,10-13H2,1H3. The Hall–Kier alpha value is -3.56. The summed E-state index contributed by atoms with van der Waals surface area (Å²) >= 11 is 7.60. The predicted molar refractivity (Wildman–Crippen MR) is 139 cm³/mol. The Balaban J connectivity index is 1.25. The quantitative estimate of drug-likeness (QED) is 0.257. The molecule has 178 valence electrons. The van der Waals surface area contributed by atoms with Crippen LogP contribution >= 0.6 is 23.4 Å². The van der Waals surface area contributed by atoms with Gasteiger partial charge >= 0.3 is 0 Å². The van der Waals surface area contributed by atoms with Crippen LogP contribution in [0.1, 0.15) is 11.3 Å². The van der Waals surface area contributed by atoms with E-state index in [2.05, 4.69) is 20.9 Å². The molecule has 0 spiro atoms. The minimum absolute atomic E-state index is 0.0370. The number of nitrogens with zero attached hydrogens (tertiary/aromatic N) is 4. The fourth-order valence-electron chi connectivity index (χ4n) is 4.01. The highest BCUT2D eigenvalue weighted by Gasteiger charge is 2.29. The second-order valence-corrected chi connectivity index (χ2v) is 9.61. The van der Waals surface area contributed by atoms with E-state index < -0.39 is 4.92 Å². The number of thioether (sulfide) groups is 1. The number of nitro benzene ring substituents is 1. The first-order valence-electron chi connectivity index (χ1n) is 11.0. The number of piperazine rings is 1. The molecule has 0 atom stereocenters. The summed E-state index contributed by atoms with van der Waals surface area (Å²) in [6, 6.07) is 15.8. The molecule has 1 saturated heterocycles. The van der Waals surface area contributed by atoms with E-state index in [4.69, 9.17) is 16.0 Å². The fraction of sp³-hybridized carbons (Fsp3) is 0.200. The second kappa shape index (κ2) is 9.59. The van der Waals surface area contributed by atoms with Gasteiger partial charge in [-0.1, -0.05) is 29.8 Å². The number of nitro groups is 1. The van der Waals surface area contributed by atoms with Gasteiger partial charge in [0.05, 0.1) is 15.4 Å². The molecule has 5 rings (SSSR count). The van der Waals surface area contributed by atoms with Crippen LogP contribution in [-0.4, -0.2) is 47.1 Å². The van der Waals surface area contributed by atoms with Crippen molar-refractivity contribution in [1.82, 2.24) is 4.90 Å². The number of anilines is 1. The highest BCUT2D eigenvalue weighted by Crippen LogP contribution is 2.34. The zero-order valence-electron chi connectivity index (χ0n) is 18.8. The molecule has 0 bridgehead atoms. The van der Waals surface area contributed by atoms with Gasteiger partial charge in [0.1, 0.15) is 11.5 Å². The van der Waals surface area contributed by atoms with Crippen molar-refractivity contribution in [3.8, 4) is 11.3 Å². The molecule has 1 aromatic heterocycles. The molecule has 0 radical (unpaired) electrons. The molecule has 0 unspecified atom stereocenters. The first-order valence-corrected chi connectivity index (χ1v) is 12.2. The number of amidine groups is 1. The van der Waals surface area contributed by atoms with Gasteiger partial charge in [-0.15, -0.1) is 0 Å². The summed E-state index contributed by atoms with van der Waals surface area (Å²) in [4.78, 5) is 32.5. The minimum Gasteiger partial charge on any atom is -0.456 e. The van der Waals surface area contributed by atoms with Crippen LogP contribution in [0.4, 0.5) is 11.4 Å². The normalized spacial score (nSPS) is 17.3. The molecule has 2 aliphatic heterocycles. The number of aliphatic imine (C=N–C) groups is 1.